The molecular weight excluding hydrogens is 432 g/mol. The van der Waals surface area contributed by atoms with Crippen molar-refractivity contribution in [2.24, 2.45) is 0 Å². The molecule has 0 unspecified atom stereocenters. The van der Waals surface area contributed by atoms with Crippen molar-refractivity contribution in [1.29, 1.82) is 0 Å². The average molecular weight is 459 g/mol. The van der Waals surface area contributed by atoms with Crippen LogP contribution in [0.5, 0.6) is 5.75 Å². The Morgan fingerprint density at radius 3 is 2.85 bits per heavy atom. The van der Waals surface area contributed by atoms with Gasteiger partial charge < -0.3 is 25.0 Å². The lowest BCUT2D eigenvalue weighted by atomic mass is 10.1. The molecule has 0 aliphatic carbocycles. The SMILES string of the molecule is Cc1cc(Nc2nccc(-c3cnc4c(c3)OC(C)(C)C(=O)N4)n2)ccc1N1C[C@@H]2C[C@H]1CO2. The van der Waals surface area contributed by atoms with Crippen LogP contribution >= 0.6 is 0 Å². The normalized spacial score (nSPS) is 22.2. The molecule has 3 aliphatic rings. The summed E-state index contributed by atoms with van der Waals surface area (Å²) in [5, 5.41) is 6.09. The van der Waals surface area contributed by atoms with Crippen molar-refractivity contribution in [3.05, 3.63) is 48.3 Å². The Hall–Kier alpha value is -3.72. The van der Waals surface area contributed by atoms with Gasteiger partial charge in [0.1, 0.15) is 0 Å². The maximum Gasteiger partial charge on any atom is 0.269 e. The van der Waals surface area contributed by atoms with E-state index in [2.05, 4.69) is 55.6 Å². The summed E-state index contributed by atoms with van der Waals surface area (Å²) in [5.41, 5.74) is 3.90. The van der Waals surface area contributed by atoms with Gasteiger partial charge in [0, 0.05) is 35.9 Å². The van der Waals surface area contributed by atoms with E-state index in [0.717, 1.165) is 30.8 Å². The topological polar surface area (TPSA) is 102 Å². The maximum atomic E-state index is 12.1. The number of aromatic nitrogens is 3. The monoisotopic (exact) mass is 458 g/mol. The molecule has 9 nitrogen and oxygen atoms in total. The number of aryl methyl sites for hydroxylation is 1. The first-order valence-electron chi connectivity index (χ1n) is 11.5. The summed E-state index contributed by atoms with van der Waals surface area (Å²) in [7, 11) is 0. The highest BCUT2D eigenvalue weighted by atomic mass is 16.5. The van der Waals surface area contributed by atoms with E-state index in [4.69, 9.17) is 9.47 Å². The number of morpholine rings is 1. The number of benzene rings is 1. The van der Waals surface area contributed by atoms with Crippen LogP contribution in [0.3, 0.4) is 0 Å². The molecule has 9 heteroatoms. The highest BCUT2D eigenvalue weighted by molar-refractivity contribution is 5.99. The number of hydrogen-bond acceptors (Lipinski definition) is 8. The molecule has 1 amide bonds. The molecule has 1 aromatic carbocycles. The van der Waals surface area contributed by atoms with E-state index in [1.807, 2.05) is 12.1 Å². The molecule has 2 N–H and O–H groups in total. The second-order valence-electron chi connectivity index (χ2n) is 9.53. The second-order valence-corrected chi connectivity index (χ2v) is 9.53. The molecule has 0 saturated carbocycles. The summed E-state index contributed by atoms with van der Waals surface area (Å²) < 4.78 is 11.6. The van der Waals surface area contributed by atoms with Gasteiger partial charge in [-0.05, 0) is 63.1 Å². The number of fused-ring (bicyclic) bond motifs is 3. The van der Waals surface area contributed by atoms with Crippen LogP contribution < -0.4 is 20.3 Å². The summed E-state index contributed by atoms with van der Waals surface area (Å²) in [5.74, 6) is 1.20. The van der Waals surface area contributed by atoms with E-state index in [1.165, 1.54) is 11.3 Å². The van der Waals surface area contributed by atoms with E-state index in [0.29, 0.717) is 35.4 Å². The smallest absolute Gasteiger partial charge is 0.269 e. The van der Waals surface area contributed by atoms with Crippen molar-refractivity contribution >= 4 is 29.0 Å². The van der Waals surface area contributed by atoms with E-state index < -0.39 is 5.60 Å². The Bertz CT molecular complexity index is 1290. The van der Waals surface area contributed by atoms with Crippen molar-refractivity contribution in [1.82, 2.24) is 15.0 Å². The number of amides is 1. The summed E-state index contributed by atoms with van der Waals surface area (Å²) in [6.45, 7) is 7.35. The highest BCUT2D eigenvalue weighted by Gasteiger charge is 2.39. The molecule has 2 saturated heterocycles. The number of hydrogen-bond donors (Lipinski definition) is 2. The molecule has 5 heterocycles. The zero-order valence-corrected chi connectivity index (χ0v) is 19.3. The fourth-order valence-corrected chi connectivity index (χ4v) is 4.79. The van der Waals surface area contributed by atoms with Crippen LogP contribution in [0.25, 0.3) is 11.3 Å². The number of rotatable bonds is 4. The van der Waals surface area contributed by atoms with Crippen molar-refractivity contribution in [3.8, 4) is 17.0 Å². The fourth-order valence-electron chi connectivity index (χ4n) is 4.79. The number of carbonyl (C=O) groups excluding carboxylic acids is 1. The lowest BCUT2D eigenvalue weighted by molar-refractivity contribution is -0.129. The van der Waals surface area contributed by atoms with Gasteiger partial charge in [-0.25, -0.2) is 15.0 Å². The maximum absolute atomic E-state index is 12.1. The number of nitrogens with one attached hydrogen (secondary N) is 2. The minimum atomic E-state index is -0.961. The van der Waals surface area contributed by atoms with Crippen LogP contribution in [0.4, 0.5) is 23.1 Å². The summed E-state index contributed by atoms with van der Waals surface area (Å²) in [6, 6.07) is 10.5. The largest absolute Gasteiger partial charge is 0.474 e. The van der Waals surface area contributed by atoms with E-state index in [9.17, 15) is 4.79 Å². The van der Waals surface area contributed by atoms with Gasteiger partial charge in [-0.15, -0.1) is 0 Å². The number of nitrogens with zero attached hydrogens (tertiary/aromatic N) is 4. The third-order valence-electron chi connectivity index (χ3n) is 6.61. The fraction of sp³-hybridized carbons (Fsp3) is 0.360. The van der Waals surface area contributed by atoms with Gasteiger partial charge in [0.05, 0.1) is 24.4 Å². The molecular formula is C25H26N6O3. The molecule has 3 aliphatic heterocycles. The quantitative estimate of drug-likeness (QED) is 0.611. The van der Waals surface area contributed by atoms with Crippen LogP contribution in [0.1, 0.15) is 25.8 Å². The van der Waals surface area contributed by atoms with Crippen molar-refractivity contribution < 1.29 is 14.3 Å². The molecule has 2 fully saturated rings. The molecule has 174 valence electrons. The van der Waals surface area contributed by atoms with Gasteiger partial charge in [0.25, 0.3) is 5.91 Å². The van der Waals surface area contributed by atoms with Gasteiger partial charge >= 0.3 is 0 Å². The molecule has 0 radical (unpaired) electrons. The number of ether oxygens (including phenoxy) is 2. The Morgan fingerprint density at radius 2 is 2.09 bits per heavy atom. The number of carbonyl (C=O) groups is 1. The zero-order valence-electron chi connectivity index (χ0n) is 19.3. The number of anilines is 4. The van der Waals surface area contributed by atoms with E-state index >= 15 is 0 Å². The van der Waals surface area contributed by atoms with Crippen LogP contribution in [-0.4, -0.2) is 51.8 Å². The standard InChI is InChI=1S/C25H26N6O3/c1-14-8-16(4-5-20(14)31-12-18-10-17(31)13-33-18)28-24-26-7-6-19(29-24)15-9-21-22(27-11-15)30-23(32)25(2,3)34-21/h4-9,11,17-18H,10,12-13H2,1-3H3,(H,26,28,29)(H,27,30,32)/t17-,18-/m0/s1. The average Bonchev–Trinajstić information content (AvgIpc) is 3.43. The van der Waals surface area contributed by atoms with Crippen molar-refractivity contribution in [2.45, 2.75) is 44.9 Å². The molecule has 34 heavy (non-hydrogen) atoms. The first kappa shape index (κ1) is 20.9. The van der Waals surface area contributed by atoms with Crippen molar-refractivity contribution in [3.63, 3.8) is 0 Å². The molecule has 0 spiro atoms. The minimum Gasteiger partial charge on any atom is -0.474 e. The first-order chi connectivity index (χ1) is 16.4. The Balaban J connectivity index is 1.22. The van der Waals surface area contributed by atoms with E-state index in [1.54, 1.807) is 26.2 Å². The van der Waals surface area contributed by atoms with Crippen LogP contribution in [0.15, 0.2) is 42.7 Å². The van der Waals surface area contributed by atoms with Gasteiger partial charge in [0.2, 0.25) is 5.95 Å². The van der Waals surface area contributed by atoms with Gasteiger partial charge in [0.15, 0.2) is 17.2 Å². The van der Waals surface area contributed by atoms with Crippen LogP contribution in [0.2, 0.25) is 0 Å². The molecule has 3 aromatic rings. The van der Waals surface area contributed by atoms with Gasteiger partial charge in [-0.3, -0.25) is 4.79 Å². The lowest BCUT2D eigenvalue weighted by Crippen LogP contribution is -2.45. The van der Waals surface area contributed by atoms with Crippen molar-refractivity contribution in [2.75, 3.05) is 28.7 Å². The van der Waals surface area contributed by atoms with Crippen LogP contribution in [-0.2, 0) is 9.53 Å². The molecule has 2 atom stereocenters. The van der Waals surface area contributed by atoms with Gasteiger partial charge in [-0.2, -0.15) is 0 Å². The summed E-state index contributed by atoms with van der Waals surface area (Å²) >= 11 is 0. The number of pyridine rings is 1. The Labute approximate surface area is 197 Å². The highest BCUT2D eigenvalue weighted by Crippen LogP contribution is 2.36. The van der Waals surface area contributed by atoms with Crippen LogP contribution in [0, 0.1) is 6.92 Å². The molecule has 2 aromatic heterocycles. The van der Waals surface area contributed by atoms with E-state index in [-0.39, 0.29) is 5.91 Å². The second kappa shape index (κ2) is 7.66. The molecule has 6 rings (SSSR count). The lowest BCUT2D eigenvalue weighted by Gasteiger charge is -2.30. The Kier molecular flexibility index (Phi) is 4.70. The third-order valence-corrected chi connectivity index (χ3v) is 6.61. The first-order valence-corrected chi connectivity index (χ1v) is 11.5. The molecule has 2 bridgehead atoms. The minimum absolute atomic E-state index is 0.222. The summed E-state index contributed by atoms with van der Waals surface area (Å²) in [4.78, 5) is 27.9. The predicted octanol–water partition coefficient (Wildman–Crippen LogP) is 3.68. The predicted molar refractivity (Wildman–Crippen MR) is 129 cm³/mol. The zero-order chi connectivity index (χ0) is 23.4. The van der Waals surface area contributed by atoms with Gasteiger partial charge in [-0.1, -0.05) is 0 Å². The summed E-state index contributed by atoms with van der Waals surface area (Å²) in [6.07, 6.45) is 4.86. The Morgan fingerprint density at radius 1 is 1.21 bits per heavy atom. The third kappa shape index (κ3) is 3.62.